The van der Waals surface area contributed by atoms with Crippen LogP contribution in [0.25, 0.3) is 0 Å². The van der Waals surface area contributed by atoms with E-state index in [-0.39, 0.29) is 29.4 Å². The molecule has 3 heterocycles. The lowest BCUT2D eigenvalue weighted by molar-refractivity contribution is -0.138. The van der Waals surface area contributed by atoms with Crippen molar-refractivity contribution in [3.63, 3.8) is 0 Å². The molecule has 2 fully saturated rings. The highest BCUT2D eigenvalue weighted by molar-refractivity contribution is 7.89. The molecule has 0 unspecified atom stereocenters. The molecule has 2 aliphatic heterocycles. The van der Waals surface area contributed by atoms with Gasteiger partial charge in [0.15, 0.2) is 5.03 Å². The molecule has 0 spiro atoms. The number of piperidine rings is 2. The first kappa shape index (κ1) is 19.4. The van der Waals surface area contributed by atoms with Gasteiger partial charge in [0.1, 0.15) is 0 Å². The number of hydrogen-bond donors (Lipinski definition) is 0. The van der Waals surface area contributed by atoms with E-state index in [1.807, 2.05) is 18.7 Å². The summed E-state index contributed by atoms with van der Waals surface area (Å²) >= 11 is 0. The second-order valence-corrected chi connectivity index (χ2v) is 9.85. The van der Waals surface area contributed by atoms with Gasteiger partial charge in [0.25, 0.3) is 10.0 Å². The fourth-order valence-electron chi connectivity index (χ4n) is 3.72. The number of nitrogens with zero attached hydrogens (tertiary/aromatic N) is 4. The minimum absolute atomic E-state index is 0.0751. The lowest BCUT2D eigenvalue weighted by Crippen LogP contribution is -2.48. The van der Waals surface area contributed by atoms with Crippen LogP contribution in [0.1, 0.15) is 52.5 Å². The van der Waals surface area contributed by atoms with Crippen molar-refractivity contribution in [1.29, 1.82) is 0 Å². The standard InChI is InChI=1S/C18H30N4O3S/c1-14(2)21-12-17(19-13-21)26(24,25)22-8-4-5-16(11-22)18(23)20-9-6-15(3)7-10-20/h12-16H,4-11H2,1-3H3/t16-/m0/s1. The van der Waals surface area contributed by atoms with Gasteiger partial charge in [0.05, 0.1) is 12.2 Å². The van der Waals surface area contributed by atoms with Crippen molar-refractivity contribution in [3.05, 3.63) is 12.5 Å². The first-order chi connectivity index (χ1) is 12.3. The van der Waals surface area contributed by atoms with E-state index in [0.717, 1.165) is 32.4 Å². The predicted molar refractivity (Wildman–Crippen MR) is 99.1 cm³/mol. The smallest absolute Gasteiger partial charge is 0.262 e. The molecule has 0 saturated carbocycles. The van der Waals surface area contributed by atoms with Crippen LogP contribution in [0.3, 0.4) is 0 Å². The summed E-state index contributed by atoms with van der Waals surface area (Å²) in [5.74, 6) is 0.543. The second-order valence-electron chi connectivity index (χ2n) is 7.96. The molecule has 146 valence electrons. The molecule has 1 amide bonds. The van der Waals surface area contributed by atoms with Crippen LogP contribution in [0.4, 0.5) is 0 Å². The van der Waals surface area contributed by atoms with Crippen molar-refractivity contribution in [3.8, 4) is 0 Å². The number of amides is 1. The number of aromatic nitrogens is 2. The second kappa shape index (κ2) is 7.68. The van der Waals surface area contributed by atoms with Gasteiger partial charge in [-0.1, -0.05) is 6.92 Å². The molecule has 0 bridgehead atoms. The molecule has 2 saturated heterocycles. The van der Waals surface area contributed by atoms with Gasteiger partial charge >= 0.3 is 0 Å². The van der Waals surface area contributed by atoms with E-state index in [4.69, 9.17) is 0 Å². The van der Waals surface area contributed by atoms with Gasteiger partial charge < -0.3 is 9.47 Å². The maximum absolute atomic E-state index is 12.9. The average molecular weight is 383 g/mol. The van der Waals surface area contributed by atoms with E-state index >= 15 is 0 Å². The van der Waals surface area contributed by atoms with Crippen LogP contribution in [-0.2, 0) is 14.8 Å². The normalized spacial score (nSPS) is 23.5. The zero-order valence-corrected chi connectivity index (χ0v) is 16.8. The van der Waals surface area contributed by atoms with Crippen LogP contribution < -0.4 is 0 Å². The Labute approximate surface area is 156 Å². The molecule has 0 radical (unpaired) electrons. The number of rotatable bonds is 4. The maximum atomic E-state index is 12.9. The number of carbonyl (C=O) groups is 1. The summed E-state index contributed by atoms with van der Waals surface area (Å²) in [6, 6.07) is 0.156. The number of imidazole rings is 1. The van der Waals surface area contributed by atoms with Gasteiger partial charge in [0.2, 0.25) is 5.91 Å². The minimum Gasteiger partial charge on any atom is -0.342 e. The zero-order valence-electron chi connectivity index (χ0n) is 16.0. The Morgan fingerprint density at radius 3 is 2.50 bits per heavy atom. The molecule has 3 rings (SSSR count). The SMILES string of the molecule is CC1CCN(C(=O)[C@H]2CCCN(S(=O)(=O)c3cn(C(C)C)cn3)C2)CC1. The molecular formula is C18H30N4O3S. The third kappa shape index (κ3) is 3.96. The minimum atomic E-state index is -3.65. The van der Waals surface area contributed by atoms with Gasteiger partial charge in [-0.2, -0.15) is 4.31 Å². The van der Waals surface area contributed by atoms with E-state index in [0.29, 0.717) is 18.9 Å². The summed E-state index contributed by atoms with van der Waals surface area (Å²) in [7, 11) is -3.65. The Balaban J connectivity index is 1.70. The number of carbonyl (C=O) groups excluding carboxylic acids is 1. The molecule has 1 aromatic heterocycles. The Morgan fingerprint density at radius 2 is 1.88 bits per heavy atom. The van der Waals surface area contributed by atoms with Crippen molar-refractivity contribution < 1.29 is 13.2 Å². The van der Waals surface area contributed by atoms with Gasteiger partial charge in [0, 0.05) is 38.4 Å². The molecule has 0 aliphatic carbocycles. The van der Waals surface area contributed by atoms with E-state index in [1.54, 1.807) is 17.1 Å². The third-order valence-electron chi connectivity index (χ3n) is 5.61. The molecule has 0 N–H and O–H groups in total. The van der Waals surface area contributed by atoms with E-state index in [2.05, 4.69) is 11.9 Å². The number of sulfonamides is 1. The van der Waals surface area contributed by atoms with Gasteiger partial charge in [-0.05, 0) is 45.4 Å². The highest BCUT2D eigenvalue weighted by Gasteiger charge is 2.36. The van der Waals surface area contributed by atoms with Gasteiger partial charge in [-0.25, -0.2) is 13.4 Å². The molecular weight excluding hydrogens is 352 g/mol. The highest BCUT2D eigenvalue weighted by atomic mass is 32.2. The molecule has 26 heavy (non-hydrogen) atoms. The van der Waals surface area contributed by atoms with Crippen molar-refractivity contribution in [1.82, 2.24) is 18.8 Å². The van der Waals surface area contributed by atoms with Crippen molar-refractivity contribution in [2.45, 2.75) is 57.5 Å². The molecule has 1 atom stereocenters. The molecule has 1 aromatic rings. The third-order valence-corrected chi connectivity index (χ3v) is 7.36. The van der Waals surface area contributed by atoms with Crippen molar-refractivity contribution in [2.75, 3.05) is 26.2 Å². The summed E-state index contributed by atoms with van der Waals surface area (Å²) in [5.41, 5.74) is 0. The lowest BCUT2D eigenvalue weighted by Gasteiger charge is -2.36. The van der Waals surface area contributed by atoms with Crippen molar-refractivity contribution >= 4 is 15.9 Å². The maximum Gasteiger partial charge on any atom is 0.262 e. The average Bonchev–Trinajstić information content (AvgIpc) is 3.13. The molecule has 0 aromatic carbocycles. The van der Waals surface area contributed by atoms with E-state index in [9.17, 15) is 13.2 Å². The summed E-state index contributed by atoms with van der Waals surface area (Å²) < 4.78 is 29.1. The first-order valence-corrected chi connectivity index (χ1v) is 11.1. The quantitative estimate of drug-likeness (QED) is 0.799. The fraction of sp³-hybridized carbons (Fsp3) is 0.778. The highest BCUT2D eigenvalue weighted by Crippen LogP contribution is 2.26. The summed E-state index contributed by atoms with van der Waals surface area (Å²) in [5, 5.41) is 0.0751. The Kier molecular flexibility index (Phi) is 5.72. The summed E-state index contributed by atoms with van der Waals surface area (Å²) in [6.45, 7) is 8.48. The first-order valence-electron chi connectivity index (χ1n) is 9.61. The predicted octanol–water partition coefficient (Wildman–Crippen LogP) is 2.12. The van der Waals surface area contributed by atoms with Crippen LogP contribution in [0.5, 0.6) is 0 Å². The summed E-state index contributed by atoms with van der Waals surface area (Å²) in [6.07, 6.45) is 6.68. The van der Waals surface area contributed by atoms with Gasteiger partial charge in [-0.15, -0.1) is 0 Å². The van der Waals surface area contributed by atoms with Crippen LogP contribution >= 0.6 is 0 Å². The number of likely N-dealkylation sites (tertiary alicyclic amines) is 1. The van der Waals surface area contributed by atoms with Crippen LogP contribution in [0, 0.1) is 11.8 Å². The zero-order chi connectivity index (χ0) is 18.9. The lowest BCUT2D eigenvalue weighted by atomic mass is 9.94. The van der Waals surface area contributed by atoms with Crippen LogP contribution in [0.15, 0.2) is 17.6 Å². The van der Waals surface area contributed by atoms with E-state index in [1.165, 1.54) is 4.31 Å². The van der Waals surface area contributed by atoms with Crippen LogP contribution in [-0.4, -0.2) is 59.3 Å². The van der Waals surface area contributed by atoms with E-state index < -0.39 is 10.0 Å². The Hall–Kier alpha value is -1.41. The topological polar surface area (TPSA) is 75.5 Å². The molecule has 2 aliphatic rings. The number of hydrogen-bond acceptors (Lipinski definition) is 4. The molecule has 8 heteroatoms. The fourth-order valence-corrected chi connectivity index (χ4v) is 5.16. The van der Waals surface area contributed by atoms with Crippen molar-refractivity contribution in [2.24, 2.45) is 11.8 Å². The Bertz CT molecular complexity index is 735. The largest absolute Gasteiger partial charge is 0.342 e. The van der Waals surface area contributed by atoms with Crippen LogP contribution in [0.2, 0.25) is 0 Å². The monoisotopic (exact) mass is 382 g/mol. The summed E-state index contributed by atoms with van der Waals surface area (Å²) in [4.78, 5) is 18.9. The van der Waals surface area contributed by atoms with Gasteiger partial charge in [-0.3, -0.25) is 4.79 Å². The Morgan fingerprint density at radius 1 is 1.19 bits per heavy atom. The molecule has 7 nitrogen and oxygen atoms in total.